The van der Waals surface area contributed by atoms with Crippen LogP contribution in [-0.2, 0) is 9.53 Å². The van der Waals surface area contributed by atoms with Crippen molar-refractivity contribution in [1.29, 1.82) is 0 Å². The summed E-state index contributed by atoms with van der Waals surface area (Å²) < 4.78 is 4.60. The molecule has 1 aliphatic heterocycles. The number of likely N-dealkylation sites (tertiary alicyclic amines) is 1. The molecular formula is C14H26N2O3. The first-order valence-corrected chi connectivity index (χ1v) is 7.16. The van der Waals surface area contributed by atoms with Crippen LogP contribution < -0.4 is 5.32 Å². The van der Waals surface area contributed by atoms with Gasteiger partial charge in [0.2, 0.25) is 5.91 Å². The maximum Gasteiger partial charge on any atom is 0.407 e. The van der Waals surface area contributed by atoms with E-state index < -0.39 is 12.1 Å². The molecule has 1 aliphatic rings. The molecule has 0 spiro atoms. The second-order valence-electron chi connectivity index (χ2n) is 5.45. The summed E-state index contributed by atoms with van der Waals surface area (Å²) >= 11 is 0. The van der Waals surface area contributed by atoms with E-state index in [-0.39, 0.29) is 11.8 Å². The Hall–Kier alpha value is -1.26. The molecule has 1 unspecified atom stereocenters. The number of piperidine rings is 1. The number of alkyl carbamates (subject to hydrolysis) is 1. The van der Waals surface area contributed by atoms with E-state index in [0.29, 0.717) is 6.04 Å². The minimum absolute atomic E-state index is 0.0203. The van der Waals surface area contributed by atoms with Crippen molar-refractivity contribution in [3.8, 4) is 0 Å². The van der Waals surface area contributed by atoms with Crippen molar-refractivity contribution in [2.75, 3.05) is 13.7 Å². The van der Waals surface area contributed by atoms with Gasteiger partial charge in [-0.15, -0.1) is 0 Å². The molecule has 110 valence electrons. The quantitative estimate of drug-likeness (QED) is 0.851. The summed E-state index contributed by atoms with van der Waals surface area (Å²) in [5.74, 6) is 0.0676. The topological polar surface area (TPSA) is 58.6 Å². The first-order valence-electron chi connectivity index (χ1n) is 7.16. The van der Waals surface area contributed by atoms with E-state index in [2.05, 4.69) is 17.0 Å². The zero-order chi connectivity index (χ0) is 14.4. The van der Waals surface area contributed by atoms with Crippen molar-refractivity contribution in [2.24, 2.45) is 5.92 Å². The molecule has 5 heteroatoms. The van der Waals surface area contributed by atoms with Gasteiger partial charge in [-0.25, -0.2) is 4.79 Å². The van der Waals surface area contributed by atoms with Crippen molar-refractivity contribution in [3.63, 3.8) is 0 Å². The highest BCUT2D eigenvalue weighted by molar-refractivity contribution is 5.86. The van der Waals surface area contributed by atoms with Crippen molar-refractivity contribution in [2.45, 2.75) is 58.5 Å². The summed E-state index contributed by atoms with van der Waals surface area (Å²) in [7, 11) is 1.31. The van der Waals surface area contributed by atoms with Crippen molar-refractivity contribution in [1.82, 2.24) is 10.2 Å². The average molecular weight is 270 g/mol. The number of hydrogen-bond acceptors (Lipinski definition) is 3. The first-order chi connectivity index (χ1) is 9.01. The standard InChI is InChI=1S/C14H26N2O3/c1-5-11-8-6-7-9-16(11)13(17)12(10(2)3)15-14(18)19-4/h10-12H,5-9H2,1-4H3,(H,15,18)/t11-,12?/m1/s1. The van der Waals surface area contributed by atoms with Crippen LogP contribution in [0.5, 0.6) is 0 Å². The predicted molar refractivity (Wildman–Crippen MR) is 73.8 cm³/mol. The van der Waals surface area contributed by atoms with E-state index in [1.54, 1.807) is 0 Å². The van der Waals surface area contributed by atoms with E-state index in [4.69, 9.17) is 0 Å². The highest BCUT2D eigenvalue weighted by atomic mass is 16.5. The van der Waals surface area contributed by atoms with Gasteiger partial charge in [0.25, 0.3) is 0 Å². The monoisotopic (exact) mass is 270 g/mol. The van der Waals surface area contributed by atoms with Crippen LogP contribution in [-0.4, -0.2) is 42.6 Å². The van der Waals surface area contributed by atoms with Crippen LogP contribution in [0.2, 0.25) is 0 Å². The maximum atomic E-state index is 12.6. The highest BCUT2D eigenvalue weighted by Gasteiger charge is 2.33. The molecule has 1 heterocycles. The van der Waals surface area contributed by atoms with Crippen molar-refractivity contribution in [3.05, 3.63) is 0 Å². The van der Waals surface area contributed by atoms with E-state index in [1.807, 2.05) is 18.7 Å². The number of carbonyl (C=O) groups is 2. The molecule has 0 radical (unpaired) electrons. The summed E-state index contributed by atoms with van der Waals surface area (Å²) in [4.78, 5) is 25.9. The number of amides is 2. The Balaban J connectivity index is 2.77. The Morgan fingerprint density at radius 3 is 2.58 bits per heavy atom. The number of ether oxygens (including phenoxy) is 1. The fraction of sp³-hybridized carbons (Fsp3) is 0.857. The normalized spacial score (nSPS) is 21.1. The van der Waals surface area contributed by atoms with Crippen LogP contribution in [0, 0.1) is 5.92 Å². The van der Waals surface area contributed by atoms with E-state index in [1.165, 1.54) is 13.5 Å². The molecule has 2 amide bonds. The molecule has 2 atom stereocenters. The minimum Gasteiger partial charge on any atom is -0.453 e. The summed E-state index contributed by atoms with van der Waals surface area (Å²) in [5, 5.41) is 2.66. The van der Waals surface area contributed by atoms with Gasteiger partial charge in [0.1, 0.15) is 6.04 Å². The molecule has 1 saturated heterocycles. The molecule has 0 aliphatic carbocycles. The van der Waals surface area contributed by atoms with Crippen LogP contribution >= 0.6 is 0 Å². The molecule has 0 saturated carbocycles. The Kier molecular flexibility index (Phi) is 6.12. The summed E-state index contributed by atoms with van der Waals surface area (Å²) in [6.45, 7) is 6.77. The van der Waals surface area contributed by atoms with Gasteiger partial charge in [0.05, 0.1) is 7.11 Å². The molecule has 0 aromatic heterocycles. The Bertz CT molecular complexity index is 318. The van der Waals surface area contributed by atoms with Gasteiger partial charge in [-0.2, -0.15) is 0 Å². The van der Waals surface area contributed by atoms with Gasteiger partial charge >= 0.3 is 6.09 Å². The Morgan fingerprint density at radius 2 is 2.05 bits per heavy atom. The zero-order valence-electron chi connectivity index (χ0n) is 12.4. The summed E-state index contributed by atoms with van der Waals surface area (Å²) in [6.07, 6.45) is 3.71. The van der Waals surface area contributed by atoms with Gasteiger partial charge in [0, 0.05) is 12.6 Å². The van der Waals surface area contributed by atoms with Gasteiger partial charge in [-0.1, -0.05) is 20.8 Å². The molecule has 1 rings (SSSR count). The van der Waals surface area contributed by atoms with Crippen LogP contribution in [0.25, 0.3) is 0 Å². The molecule has 0 aromatic rings. The van der Waals surface area contributed by atoms with Crippen molar-refractivity contribution < 1.29 is 14.3 Å². The fourth-order valence-corrected chi connectivity index (χ4v) is 2.59. The van der Waals surface area contributed by atoms with Crippen LogP contribution in [0.3, 0.4) is 0 Å². The average Bonchev–Trinajstić information content (AvgIpc) is 2.43. The molecule has 1 fully saturated rings. The minimum atomic E-state index is -0.544. The van der Waals surface area contributed by atoms with Gasteiger partial charge in [-0.05, 0) is 31.6 Å². The van der Waals surface area contributed by atoms with Gasteiger partial charge in [-0.3, -0.25) is 4.79 Å². The lowest BCUT2D eigenvalue weighted by atomic mass is 9.96. The number of nitrogens with zero attached hydrogens (tertiary/aromatic N) is 1. The summed E-state index contributed by atoms with van der Waals surface area (Å²) in [6, 6.07) is -0.193. The summed E-state index contributed by atoms with van der Waals surface area (Å²) in [5.41, 5.74) is 0. The van der Waals surface area contributed by atoms with E-state index >= 15 is 0 Å². The highest BCUT2D eigenvalue weighted by Crippen LogP contribution is 2.21. The van der Waals surface area contributed by atoms with E-state index in [9.17, 15) is 9.59 Å². The SMILES string of the molecule is CC[C@@H]1CCCCN1C(=O)C(NC(=O)OC)C(C)C. The molecular weight excluding hydrogens is 244 g/mol. The zero-order valence-corrected chi connectivity index (χ0v) is 12.4. The van der Waals surface area contributed by atoms with E-state index in [0.717, 1.165) is 25.8 Å². The molecule has 1 N–H and O–H groups in total. The third kappa shape index (κ3) is 4.11. The lowest BCUT2D eigenvalue weighted by Crippen LogP contribution is -2.55. The lowest BCUT2D eigenvalue weighted by Gasteiger charge is -2.38. The second-order valence-corrected chi connectivity index (χ2v) is 5.45. The largest absolute Gasteiger partial charge is 0.453 e. The number of hydrogen-bond donors (Lipinski definition) is 1. The van der Waals surface area contributed by atoms with Gasteiger partial charge < -0.3 is 15.0 Å². The number of nitrogens with one attached hydrogen (secondary N) is 1. The lowest BCUT2D eigenvalue weighted by molar-refractivity contribution is -0.138. The fourth-order valence-electron chi connectivity index (χ4n) is 2.59. The molecule has 0 bridgehead atoms. The maximum absolute atomic E-state index is 12.6. The van der Waals surface area contributed by atoms with Crippen LogP contribution in [0.15, 0.2) is 0 Å². The first kappa shape index (κ1) is 15.8. The third-order valence-electron chi connectivity index (χ3n) is 3.77. The second kappa shape index (κ2) is 7.36. The third-order valence-corrected chi connectivity index (χ3v) is 3.77. The number of carbonyl (C=O) groups excluding carboxylic acids is 2. The predicted octanol–water partition coefficient (Wildman–Crippen LogP) is 2.16. The molecule has 19 heavy (non-hydrogen) atoms. The van der Waals surface area contributed by atoms with Gasteiger partial charge in [0.15, 0.2) is 0 Å². The van der Waals surface area contributed by atoms with Crippen LogP contribution in [0.1, 0.15) is 46.5 Å². The number of methoxy groups -OCH3 is 1. The number of rotatable bonds is 4. The molecule has 5 nitrogen and oxygen atoms in total. The smallest absolute Gasteiger partial charge is 0.407 e. The Labute approximate surface area is 115 Å². The molecule has 0 aromatic carbocycles. The van der Waals surface area contributed by atoms with Crippen LogP contribution in [0.4, 0.5) is 4.79 Å². The van der Waals surface area contributed by atoms with Crippen molar-refractivity contribution >= 4 is 12.0 Å². The Morgan fingerprint density at radius 1 is 1.37 bits per heavy atom.